The first-order chi connectivity index (χ1) is 15.8. The van der Waals surface area contributed by atoms with Crippen molar-refractivity contribution in [2.45, 2.75) is 31.6 Å². The van der Waals surface area contributed by atoms with Crippen LogP contribution in [0.4, 0.5) is 10.1 Å². The van der Waals surface area contributed by atoms with E-state index in [0.29, 0.717) is 24.3 Å². The van der Waals surface area contributed by atoms with Crippen LogP contribution in [0.2, 0.25) is 5.02 Å². The number of hydrazone groups is 1. The zero-order valence-electron chi connectivity index (χ0n) is 18.2. The molecule has 0 bridgehead atoms. The van der Waals surface area contributed by atoms with Gasteiger partial charge in [0.25, 0.3) is 0 Å². The van der Waals surface area contributed by atoms with Gasteiger partial charge in [-0.3, -0.25) is 5.43 Å². The molecule has 7 nitrogen and oxygen atoms in total. The maximum atomic E-state index is 13.3. The van der Waals surface area contributed by atoms with Crippen molar-refractivity contribution in [3.63, 3.8) is 0 Å². The molecular weight excluding hydrogens is 485 g/mol. The molecule has 0 saturated carbocycles. The molecule has 2 aromatic carbocycles. The number of hydrogen-bond donors (Lipinski definition) is 3. The van der Waals surface area contributed by atoms with E-state index in [1.807, 2.05) is 13.8 Å². The van der Waals surface area contributed by atoms with E-state index < -0.39 is 15.8 Å². The highest BCUT2D eigenvalue weighted by atomic mass is 35.5. The average molecular weight is 510 g/mol. The minimum atomic E-state index is -3.60. The van der Waals surface area contributed by atoms with E-state index in [9.17, 15) is 12.8 Å². The molecule has 0 atom stereocenters. The number of halogens is 2. The van der Waals surface area contributed by atoms with Crippen LogP contribution in [0.25, 0.3) is 10.9 Å². The number of nitrogens with zero attached hydrogens (tertiary/aromatic N) is 2. The van der Waals surface area contributed by atoms with Gasteiger partial charge in [0.2, 0.25) is 10.0 Å². The molecule has 0 radical (unpaired) electrons. The minimum absolute atomic E-state index is 0.0210. The number of thiocarbonyl (C=S) groups is 1. The van der Waals surface area contributed by atoms with E-state index in [4.69, 9.17) is 23.8 Å². The lowest BCUT2D eigenvalue weighted by molar-refractivity contribution is 0.410. The standard InChI is InChI=1S/C22H25ClFN5O2S2/c1-3-9-29(10-4-2)33(30,31)17-6-8-21-18(12-17)15(13-25-21)14-26-28-22(32)27-16-5-7-20(24)19(23)11-16/h5-8,11-14,25H,3-4,9-10H2,1-2H3,(H2,27,28,32)/b26-14-. The van der Waals surface area contributed by atoms with E-state index in [2.05, 4.69) is 20.8 Å². The van der Waals surface area contributed by atoms with Gasteiger partial charge in [-0.25, -0.2) is 12.8 Å². The Hall–Kier alpha value is -2.53. The third kappa shape index (κ3) is 6.08. The van der Waals surface area contributed by atoms with Gasteiger partial charge in [0.1, 0.15) is 5.82 Å². The number of rotatable bonds is 9. The second kappa shape index (κ2) is 11.1. The van der Waals surface area contributed by atoms with E-state index in [1.54, 1.807) is 24.4 Å². The Labute approximate surface area is 203 Å². The Morgan fingerprint density at radius 2 is 1.94 bits per heavy atom. The van der Waals surface area contributed by atoms with Crippen LogP contribution in [-0.4, -0.2) is 42.1 Å². The maximum Gasteiger partial charge on any atom is 0.243 e. The Balaban J connectivity index is 1.76. The molecule has 0 aliphatic carbocycles. The first kappa shape index (κ1) is 25.1. The van der Waals surface area contributed by atoms with Crippen molar-refractivity contribution in [1.82, 2.24) is 14.7 Å². The number of nitrogens with one attached hydrogen (secondary N) is 3. The number of aromatic amines is 1. The number of hydrogen-bond acceptors (Lipinski definition) is 4. The third-order valence-electron chi connectivity index (χ3n) is 4.82. The van der Waals surface area contributed by atoms with Gasteiger partial charge in [0.05, 0.1) is 16.1 Å². The molecule has 176 valence electrons. The Kier molecular flexibility index (Phi) is 8.41. The number of H-pyrrole nitrogens is 1. The molecule has 0 saturated heterocycles. The summed E-state index contributed by atoms with van der Waals surface area (Å²) >= 11 is 11.0. The fourth-order valence-electron chi connectivity index (χ4n) is 3.28. The van der Waals surface area contributed by atoms with E-state index >= 15 is 0 Å². The van der Waals surface area contributed by atoms with Gasteiger partial charge < -0.3 is 10.3 Å². The molecule has 0 amide bonds. The second-order valence-electron chi connectivity index (χ2n) is 7.31. The zero-order valence-corrected chi connectivity index (χ0v) is 20.6. The molecular formula is C22H25ClFN5O2S2. The molecule has 1 heterocycles. The summed E-state index contributed by atoms with van der Waals surface area (Å²) in [4.78, 5) is 3.35. The van der Waals surface area contributed by atoms with Crippen LogP contribution in [0.5, 0.6) is 0 Å². The topological polar surface area (TPSA) is 89.6 Å². The number of anilines is 1. The summed E-state index contributed by atoms with van der Waals surface area (Å²) in [6.07, 6.45) is 4.76. The number of fused-ring (bicyclic) bond motifs is 1. The molecule has 0 aliphatic rings. The van der Waals surface area contributed by atoms with Crippen LogP contribution in [0.15, 0.2) is 52.6 Å². The van der Waals surface area contributed by atoms with Crippen molar-refractivity contribution >= 4 is 61.8 Å². The van der Waals surface area contributed by atoms with E-state index in [-0.39, 0.29) is 15.0 Å². The van der Waals surface area contributed by atoms with E-state index in [1.165, 1.54) is 28.7 Å². The molecule has 3 rings (SSSR count). The molecule has 0 spiro atoms. The summed E-state index contributed by atoms with van der Waals surface area (Å²) in [5.74, 6) is -0.521. The molecule has 0 aliphatic heterocycles. The summed E-state index contributed by atoms with van der Waals surface area (Å²) in [6, 6.07) is 9.15. The van der Waals surface area contributed by atoms with Crippen molar-refractivity contribution in [1.29, 1.82) is 0 Å². The Morgan fingerprint density at radius 3 is 2.61 bits per heavy atom. The van der Waals surface area contributed by atoms with Gasteiger partial charge in [-0.1, -0.05) is 25.4 Å². The van der Waals surface area contributed by atoms with Gasteiger partial charge in [-0.05, 0) is 61.5 Å². The number of sulfonamides is 1. The van der Waals surface area contributed by atoms with Gasteiger partial charge in [0, 0.05) is 41.4 Å². The highest BCUT2D eigenvalue weighted by Gasteiger charge is 2.23. The SMILES string of the molecule is CCCN(CCC)S(=O)(=O)c1ccc2[nH]cc(/C=N\NC(=S)Nc3ccc(F)c(Cl)c3)c2c1. The molecule has 0 fully saturated rings. The van der Waals surface area contributed by atoms with Crippen LogP contribution in [0.1, 0.15) is 32.3 Å². The zero-order chi connectivity index (χ0) is 24.0. The number of benzene rings is 2. The summed E-state index contributed by atoms with van der Waals surface area (Å²) < 4.78 is 41.0. The smallest absolute Gasteiger partial charge is 0.243 e. The predicted octanol–water partition coefficient (Wildman–Crippen LogP) is 5.09. The Bertz CT molecular complexity index is 1270. The van der Waals surface area contributed by atoms with Gasteiger partial charge in [-0.2, -0.15) is 9.41 Å². The molecule has 11 heteroatoms. The molecule has 3 N–H and O–H groups in total. The van der Waals surface area contributed by atoms with Gasteiger partial charge in [-0.15, -0.1) is 0 Å². The van der Waals surface area contributed by atoms with Crippen LogP contribution in [0.3, 0.4) is 0 Å². The monoisotopic (exact) mass is 509 g/mol. The van der Waals surface area contributed by atoms with Crippen LogP contribution < -0.4 is 10.7 Å². The number of aromatic nitrogens is 1. The molecule has 3 aromatic rings. The van der Waals surface area contributed by atoms with Gasteiger partial charge in [0.15, 0.2) is 5.11 Å². The highest BCUT2D eigenvalue weighted by molar-refractivity contribution is 7.89. The van der Waals surface area contributed by atoms with Crippen LogP contribution in [-0.2, 0) is 10.0 Å². The van der Waals surface area contributed by atoms with Crippen molar-refractivity contribution in [2.24, 2.45) is 5.10 Å². The normalized spacial score (nSPS) is 12.0. The third-order valence-corrected chi connectivity index (χ3v) is 7.19. The summed E-state index contributed by atoms with van der Waals surface area (Å²) in [6.45, 7) is 4.87. The lowest BCUT2D eigenvalue weighted by Crippen LogP contribution is -2.32. The average Bonchev–Trinajstić information content (AvgIpc) is 3.18. The summed E-state index contributed by atoms with van der Waals surface area (Å²) in [5.41, 5.74) is 4.67. The van der Waals surface area contributed by atoms with Crippen molar-refractivity contribution in [3.8, 4) is 0 Å². The highest BCUT2D eigenvalue weighted by Crippen LogP contribution is 2.24. The lowest BCUT2D eigenvalue weighted by Gasteiger charge is -2.21. The summed E-state index contributed by atoms with van der Waals surface area (Å²) in [7, 11) is -3.60. The fourth-order valence-corrected chi connectivity index (χ4v) is 5.28. The quantitative estimate of drug-likeness (QED) is 0.212. The fraction of sp³-hybridized carbons (Fsp3) is 0.273. The minimum Gasteiger partial charge on any atom is -0.361 e. The second-order valence-corrected chi connectivity index (χ2v) is 10.1. The van der Waals surface area contributed by atoms with Crippen molar-refractivity contribution < 1.29 is 12.8 Å². The largest absolute Gasteiger partial charge is 0.361 e. The predicted molar refractivity (Wildman–Crippen MR) is 136 cm³/mol. The first-order valence-electron chi connectivity index (χ1n) is 10.4. The molecule has 33 heavy (non-hydrogen) atoms. The van der Waals surface area contributed by atoms with Crippen LogP contribution >= 0.6 is 23.8 Å². The van der Waals surface area contributed by atoms with Crippen molar-refractivity contribution in [2.75, 3.05) is 18.4 Å². The molecule has 1 aromatic heterocycles. The van der Waals surface area contributed by atoms with Crippen molar-refractivity contribution in [3.05, 3.63) is 59.0 Å². The first-order valence-corrected chi connectivity index (χ1v) is 12.6. The van der Waals surface area contributed by atoms with E-state index in [0.717, 1.165) is 23.7 Å². The van der Waals surface area contributed by atoms with Gasteiger partial charge >= 0.3 is 0 Å². The lowest BCUT2D eigenvalue weighted by atomic mass is 10.2. The summed E-state index contributed by atoms with van der Waals surface area (Å²) in [5, 5.41) is 7.86. The Morgan fingerprint density at radius 1 is 1.21 bits per heavy atom. The molecule has 0 unspecified atom stereocenters. The van der Waals surface area contributed by atoms with Crippen LogP contribution in [0, 0.1) is 5.82 Å². The maximum absolute atomic E-state index is 13.3.